The van der Waals surface area contributed by atoms with Crippen LogP contribution in [0.15, 0.2) is 24.3 Å². The summed E-state index contributed by atoms with van der Waals surface area (Å²) in [7, 11) is 0. The Morgan fingerprint density at radius 1 is 0.895 bits per heavy atom. The van der Waals surface area contributed by atoms with E-state index in [9.17, 15) is 5.11 Å². The van der Waals surface area contributed by atoms with Crippen molar-refractivity contribution in [3.63, 3.8) is 0 Å². The third kappa shape index (κ3) is 0.841. The molecule has 0 aromatic heterocycles. The Bertz CT molecular complexity index is 549. The maximum atomic E-state index is 11.5. The Morgan fingerprint density at radius 2 is 1.37 bits per heavy atom. The van der Waals surface area contributed by atoms with Gasteiger partial charge in [0, 0.05) is 23.9 Å². The van der Waals surface area contributed by atoms with Crippen molar-refractivity contribution in [3.05, 3.63) is 35.4 Å². The van der Waals surface area contributed by atoms with E-state index in [1.807, 2.05) is 0 Å². The first kappa shape index (κ1) is 9.92. The number of benzene rings is 1. The molecule has 4 unspecified atom stereocenters. The summed E-state index contributed by atoms with van der Waals surface area (Å²) >= 11 is 0. The number of hydrazine groups is 1. The van der Waals surface area contributed by atoms with Gasteiger partial charge in [-0.2, -0.15) is 0 Å². The molecule has 1 aromatic rings. The van der Waals surface area contributed by atoms with Gasteiger partial charge < -0.3 is 5.11 Å². The molecule has 0 radical (unpaired) electrons. The molecule has 2 heterocycles. The minimum atomic E-state index is -0.529. The number of fused-ring (bicyclic) bond motifs is 1. The van der Waals surface area contributed by atoms with Crippen molar-refractivity contribution in [1.29, 1.82) is 0 Å². The van der Waals surface area contributed by atoms with Gasteiger partial charge in [0.2, 0.25) is 0 Å². The van der Waals surface area contributed by atoms with Gasteiger partial charge >= 0.3 is 0 Å². The lowest BCUT2D eigenvalue weighted by Crippen LogP contribution is -2.59. The molecule has 0 spiro atoms. The number of aliphatic hydroxyl groups is 1. The van der Waals surface area contributed by atoms with Crippen LogP contribution in [0.3, 0.4) is 0 Å². The van der Waals surface area contributed by atoms with Gasteiger partial charge in [0.05, 0.1) is 5.60 Å². The molecule has 3 heteroatoms. The van der Waals surface area contributed by atoms with E-state index in [1.165, 1.54) is 11.1 Å². The van der Waals surface area contributed by atoms with Crippen LogP contribution in [0.1, 0.15) is 11.1 Å². The Kier molecular flexibility index (Phi) is 1.37. The molecule has 0 amide bonds. The number of hydrogen-bond donors (Lipinski definition) is 3. The summed E-state index contributed by atoms with van der Waals surface area (Å²) in [5.41, 5.74) is 8.92. The Balaban J connectivity index is 1.52. The van der Waals surface area contributed by atoms with Gasteiger partial charge in [0.1, 0.15) is 0 Å². The van der Waals surface area contributed by atoms with Crippen LogP contribution < -0.4 is 10.9 Å². The summed E-state index contributed by atoms with van der Waals surface area (Å²) in [5, 5.41) is 11.5. The van der Waals surface area contributed by atoms with E-state index in [0.29, 0.717) is 23.9 Å². The third-order valence-electron chi connectivity index (χ3n) is 6.87. The van der Waals surface area contributed by atoms with E-state index in [1.54, 1.807) is 0 Å². The highest BCUT2D eigenvalue weighted by Gasteiger charge is 2.89. The summed E-state index contributed by atoms with van der Waals surface area (Å²) in [6, 6.07) is 9.89. The second-order valence-corrected chi connectivity index (χ2v) is 7.39. The van der Waals surface area contributed by atoms with E-state index >= 15 is 0 Å². The average molecular weight is 254 g/mol. The predicted octanol–water partition coefficient (Wildman–Crippen LogP) is 0.779. The van der Waals surface area contributed by atoms with Crippen molar-refractivity contribution in [1.82, 2.24) is 10.9 Å². The standard InChI is InChI=1S/C16H18N2O/c1-6-2-4-7(5-3-6)16(19)12-8-9(12)15-11-10(13(11)16)14(8)17-18-15/h2-5,8-15,17-19H,1H3/t8-,9?,10-,11?,12?,13?,14?,15?,16?/m0/s1. The second kappa shape index (κ2) is 2.62. The lowest BCUT2D eigenvalue weighted by molar-refractivity contribution is -0.0458. The second-order valence-electron chi connectivity index (χ2n) is 7.39. The first-order valence-electron chi connectivity index (χ1n) is 7.53. The zero-order valence-corrected chi connectivity index (χ0v) is 10.9. The quantitative estimate of drug-likeness (QED) is 0.694. The van der Waals surface area contributed by atoms with Crippen LogP contribution in [0, 0.1) is 42.4 Å². The summed E-state index contributed by atoms with van der Waals surface area (Å²) in [4.78, 5) is 0. The first-order valence-corrected chi connectivity index (χ1v) is 7.53. The van der Waals surface area contributed by atoms with Crippen LogP contribution >= 0.6 is 0 Å². The van der Waals surface area contributed by atoms with Crippen LogP contribution in [-0.4, -0.2) is 17.2 Å². The molecule has 5 aliphatic carbocycles. The van der Waals surface area contributed by atoms with Crippen molar-refractivity contribution < 1.29 is 5.11 Å². The molecule has 2 aliphatic heterocycles. The Morgan fingerprint density at radius 3 is 1.84 bits per heavy atom. The molecule has 7 aliphatic rings. The van der Waals surface area contributed by atoms with Crippen LogP contribution in [0.5, 0.6) is 0 Å². The number of aryl methyl sites for hydroxylation is 1. The molecule has 1 aromatic carbocycles. The highest BCUT2D eigenvalue weighted by molar-refractivity contribution is 5.44. The van der Waals surface area contributed by atoms with Crippen LogP contribution in [0.25, 0.3) is 0 Å². The molecule has 3 N–H and O–H groups in total. The summed E-state index contributed by atoms with van der Waals surface area (Å²) in [6.45, 7) is 2.11. The number of hydrogen-bond acceptors (Lipinski definition) is 3. The van der Waals surface area contributed by atoms with E-state index in [2.05, 4.69) is 42.0 Å². The average Bonchev–Trinajstić information content (AvgIpc) is 3.30. The van der Waals surface area contributed by atoms with Gasteiger partial charge in [-0.1, -0.05) is 29.8 Å². The molecule has 19 heavy (non-hydrogen) atoms. The molecule has 98 valence electrons. The lowest BCUT2D eigenvalue weighted by Gasteiger charge is -2.36. The van der Waals surface area contributed by atoms with Gasteiger partial charge in [-0.15, -0.1) is 0 Å². The maximum absolute atomic E-state index is 11.5. The zero-order valence-electron chi connectivity index (χ0n) is 10.9. The van der Waals surface area contributed by atoms with Gasteiger partial charge in [0.15, 0.2) is 0 Å². The molecule has 8 rings (SSSR count). The molecule has 3 nitrogen and oxygen atoms in total. The van der Waals surface area contributed by atoms with Crippen molar-refractivity contribution in [2.45, 2.75) is 24.6 Å². The third-order valence-corrected chi connectivity index (χ3v) is 6.87. The van der Waals surface area contributed by atoms with Crippen LogP contribution in [0.2, 0.25) is 0 Å². The van der Waals surface area contributed by atoms with E-state index in [4.69, 9.17) is 0 Å². The molecular weight excluding hydrogens is 236 g/mol. The smallest absolute Gasteiger partial charge is 0.0965 e. The van der Waals surface area contributed by atoms with E-state index in [0.717, 1.165) is 23.7 Å². The largest absolute Gasteiger partial charge is 0.385 e. The fourth-order valence-electron chi connectivity index (χ4n) is 6.26. The van der Waals surface area contributed by atoms with Gasteiger partial charge in [0.25, 0.3) is 0 Å². The first-order chi connectivity index (χ1) is 9.23. The maximum Gasteiger partial charge on any atom is 0.0965 e. The predicted molar refractivity (Wildman–Crippen MR) is 69.9 cm³/mol. The fraction of sp³-hybridized carbons (Fsp3) is 0.625. The Labute approximate surface area is 112 Å². The highest BCUT2D eigenvalue weighted by Crippen LogP contribution is 2.83. The zero-order chi connectivity index (χ0) is 12.5. The molecule has 6 atom stereocenters. The monoisotopic (exact) mass is 254 g/mol. The van der Waals surface area contributed by atoms with Crippen molar-refractivity contribution in [2.24, 2.45) is 35.5 Å². The normalized spacial score (nSPS) is 62.0. The summed E-state index contributed by atoms with van der Waals surface area (Å²) < 4.78 is 0. The number of rotatable bonds is 1. The molecule has 7 fully saturated rings. The van der Waals surface area contributed by atoms with Crippen molar-refractivity contribution in [3.8, 4) is 0 Å². The molecule has 5 saturated carbocycles. The van der Waals surface area contributed by atoms with Gasteiger partial charge in [-0.25, -0.2) is 0 Å². The number of nitrogens with one attached hydrogen (secondary N) is 2. The molecular formula is C16H18N2O. The van der Waals surface area contributed by atoms with Gasteiger partial charge in [-0.05, 0) is 36.2 Å². The SMILES string of the molecule is Cc1ccc(C2(O)C3C4C5NNC([C@@H]43)[C@H]3C5C32)cc1. The van der Waals surface area contributed by atoms with E-state index < -0.39 is 5.60 Å². The van der Waals surface area contributed by atoms with Crippen LogP contribution in [0.4, 0.5) is 0 Å². The molecule has 2 saturated heterocycles. The lowest BCUT2D eigenvalue weighted by atomic mass is 9.75. The summed E-state index contributed by atoms with van der Waals surface area (Å²) in [6.07, 6.45) is 0. The highest BCUT2D eigenvalue weighted by atomic mass is 16.3. The minimum Gasteiger partial charge on any atom is -0.385 e. The van der Waals surface area contributed by atoms with Crippen molar-refractivity contribution in [2.75, 3.05) is 0 Å². The van der Waals surface area contributed by atoms with E-state index in [-0.39, 0.29) is 0 Å². The Hall–Kier alpha value is -0.900. The summed E-state index contributed by atoms with van der Waals surface area (Å²) in [5.74, 6) is 3.87. The fourth-order valence-corrected chi connectivity index (χ4v) is 6.26. The van der Waals surface area contributed by atoms with Crippen molar-refractivity contribution >= 4 is 0 Å². The van der Waals surface area contributed by atoms with Gasteiger partial charge in [-0.3, -0.25) is 10.9 Å². The van der Waals surface area contributed by atoms with Crippen LogP contribution in [-0.2, 0) is 5.60 Å². The minimum absolute atomic E-state index is 0.493. The molecule has 8 bridgehead atoms. The topological polar surface area (TPSA) is 44.3 Å².